The van der Waals surface area contributed by atoms with E-state index in [9.17, 15) is 4.39 Å². The van der Waals surface area contributed by atoms with Gasteiger partial charge in [0.15, 0.2) is 0 Å². The topological polar surface area (TPSA) is 34.6 Å². The predicted molar refractivity (Wildman–Crippen MR) is 145 cm³/mol. The molecule has 2 fully saturated rings. The summed E-state index contributed by atoms with van der Waals surface area (Å²) in [5.74, 6) is 1.33. The van der Waals surface area contributed by atoms with E-state index in [-0.39, 0.29) is 29.1 Å². The predicted octanol–water partition coefficient (Wildman–Crippen LogP) is 6.93. The molecule has 0 amide bonds. The number of allylic oxidation sites excluding steroid dienone is 2. The molecule has 192 valence electrons. The molecule has 0 radical (unpaired) electrons. The van der Waals surface area contributed by atoms with Gasteiger partial charge in [-0.1, -0.05) is 42.0 Å². The van der Waals surface area contributed by atoms with Gasteiger partial charge in [0.05, 0.1) is 17.8 Å². The molecule has 2 aromatic rings. The smallest absolute Gasteiger partial charge is 0.252 e. The number of benzene rings is 1. The third kappa shape index (κ3) is 4.85. The van der Waals surface area contributed by atoms with E-state index in [1.807, 2.05) is 31.2 Å². The number of thiol groups is 1. The van der Waals surface area contributed by atoms with Gasteiger partial charge in [0.1, 0.15) is 11.4 Å². The summed E-state index contributed by atoms with van der Waals surface area (Å²) in [7, 11) is -0.322. The maximum Gasteiger partial charge on any atom is 0.252 e. The molecule has 0 N–H and O–H groups in total. The van der Waals surface area contributed by atoms with Crippen LogP contribution in [0.1, 0.15) is 50.0 Å². The highest BCUT2D eigenvalue weighted by molar-refractivity contribution is 8.23. The van der Waals surface area contributed by atoms with Crippen LogP contribution in [0.15, 0.2) is 65.1 Å². The van der Waals surface area contributed by atoms with Gasteiger partial charge in [0.2, 0.25) is 0 Å². The van der Waals surface area contributed by atoms with Crippen LogP contribution in [0.25, 0.3) is 0 Å². The molecule has 4 aliphatic rings. The number of nitrogens with zero attached hydrogens (tertiary/aromatic N) is 2. The summed E-state index contributed by atoms with van der Waals surface area (Å²) in [6, 6.07) is 11.9. The molecule has 36 heavy (non-hydrogen) atoms. The minimum absolute atomic E-state index is 0.00809. The summed E-state index contributed by atoms with van der Waals surface area (Å²) in [5.41, 5.74) is 1.83. The van der Waals surface area contributed by atoms with Crippen LogP contribution in [-0.4, -0.2) is 41.9 Å². The van der Waals surface area contributed by atoms with E-state index in [1.54, 1.807) is 6.20 Å². The maximum atomic E-state index is 13.5. The second-order valence-electron chi connectivity index (χ2n) is 10.9. The molecule has 3 atom stereocenters. The molecule has 1 aliphatic carbocycles. The van der Waals surface area contributed by atoms with Crippen molar-refractivity contribution in [2.24, 2.45) is 11.3 Å². The Hall–Kier alpha value is -1.86. The average Bonchev–Trinajstić information content (AvgIpc) is 3.55. The Morgan fingerprint density at radius 1 is 1.17 bits per heavy atom. The molecule has 3 unspecified atom stereocenters. The first-order chi connectivity index (χ1) is 17.5. The van der Waals surface area contributed by atoms with Gasteiger partial charge in [0.25, 0.3) is 5.79 Å². The highest BCUT2D eigenvalue weighted by atomic mass is 35.5. The van der Waals surface area contributed by atoms with Gasteiger partial charge >= 0.3 is 0 Å². The van der Waals surface area contributed by atoms with Gasteiger partial charge in [-0.15, -0.1) is 0 Å². The monoisotopic (exact) mass is 528 g/mol. The molecule has 6 rings (SSSR count). The maximum absolute atomic E-state index is 13.5. The van der Waals surface area contributed by atoms with Crippen molar-refractivity contribution in [3.8, 4) is 5.75 Å². The van der Waals surface area contributed by atoms with Crippen LogP contribution in [0, 0.1) is 11.3 Å². The van der Waals surface area contributed by atoms with E-state index in [0.29, 0.717) is 10.9 Å². The lowest BCUT2D eigenvalue weighted by atomic mass is 9.86. The number of aromatic nitrogens is 1. The number of hydrogen-bond acceptors (Lipinski definition) is 4. The van der Waals surface area contributed by atoms with Crippen LogP contribution >= 0.6 is 22.5 Å². The normalized spacial score (nSPS) is 30.5. The second-order valence-corrected chi connectivity index (χ2v) is 13.4. The number of piperidine rings is 1. The molecule has 7 heteroatoms. The van der Waals surface area contributed by atoms with Crippen LogP contribution < -0.4 is 4.74 Å². The molecule has 1 saturated carbocycles. The first kappa shape index (κ1) is 24.5. The zero-order valence-electron chi connectivity index (χ0n) is 20.7. The highest BCUT2D eigenvalue weighted by Crippen LogP contribution is 2.56. The van der Waals surface area contributed by atoms with Crippen LogP contribution in [0.5, 0.6) is 5.75 Å². The third-order valence-electron chi connectivity index (χ3n) is 8.19. The second kappa shape index (κ2) is 9.79. The largest absolute Gasteiger partial charge is 0.456 e. The summed E-state index contributed by atoms with van der Waals surface area (Å²) in [5, 5.41) is 2.93. The van der Waals surface area contributed by atoms with Crippen molar-refractivity contribution in [3.05, 3.63) is 81.3 Å². The number of alkyl halides is 1. The molecule has 4 nitrogen and oxygen atoms in total. The molecule has 1 aromatic carbocycles. The van der Waals surface area contributed by atoms with Gasteiger partial charge in [-0.05, 0) is 79.0 Å². The van der Waals surface area contributed by atoms with Crippen molar-refractivity contribution in [1.82, 2.24) is 9.88 Å². The Balaban J connectivity index is 1.13. The molecule has 0 spiro atoms. The molecule has 3 aliphatic heterocycles. The minimum Gasteiger partial charge on any atom is -0.456 e. The van der Waals surface area contributed by atoms with Gasteiger partial charge in [-0.3, -0.25) is 14.3 Å². The van der Waals surface area contributed by atoms with Gasteiger partial charge < -0.3 is 9.47 Å². The Kier molecular flexibility index (Phi) is 6.65. The summed E-state index contributed by atoms with van der Waals surface area (Å²) in [6.07, 6.45) is 10.3. The van der Waals surface area contributed by atoms with Crippen LogP contribution in [-0.2, 0) is 10.5 Å². The number of pyridine rings is 1. The van der Waals surface area contributed by atoms with E-state index in [0.717, 1.165) is 68.1 Å². The Bertz CT molecular complexity index is 1160. The fraction of sp³-hybridized carbons (Fsp3) is 0.483. The molecular weight excluding hydrogens is 495 g/mol. The fourth-order valence-electron chi connectivity index (χ4n) is 5.72. The number of fused-ring (bicyclic) bond motifs is 1. The summed E-state index contributed by atoms with van der Waals surface area (Å²) in [4.78, 5) is 8.60. The van der Waals surface area contributed by atoms with Gasteiger partial charge in [0, 0.05) is 30.6 Å². The first-order valence-corrected chi connectivity index (χ1v) is 14.9. The fourth-order valence-corrected chi connectivity index (χ4v) is 8.41. The molecule has 1 aromatic heterocycles. The quantitative estimate of drug-likeness (QED) is 0.395. The van der Waals surface area contributed by atoms with Crippen molar-refractivity contribution in [2.45, 2.75) is 44.5 Å². The van der Waals surface area contributed by atoms with Crippen molar-refractivity contribution >= 4 is 22.5 Å². The van der Waals surface area contributed by atoms with Gasteiger partial charge in [-0.25, -0.2) is 10.9 Å². The average molecular weight is 529 g/mol. The highest BCUT2D eigenvalue weighted by Gasteiger charge is 2.45. The summed E-state index contributed by atoms with van der Waals surface area (Å²) >= 11 is 6.08. The van der Waals surface area contributed by atoms with Crippen LogP contribution in [0.4, 0.5) is 4.39 Å². The number of para-hydroxylation sites is 1. The lowest BCUT2D eigenvalue weighted by Crippen LogP contribution is -2.43. The third-order valence-corrected chi connectivity index (χ3v) is 11.0. The molecule has 1 saturated heterocycles. The summed E-state index contributed by atoms with van der Waals surface area (Å²) in [6.45, 7) is 4.88. The Morgan fingerprint density at radius 3 is 2.69 bits per heavy atom. The van der Waals surface area contributed by atoms with Gasteiger partial charge in [-0.2, -0.15) is 0 Å². The van der Waals surface area contributed by atoms with Crippen LogP contribution in [0.3, 0.4) is 0 Å². The van der Waals surface area contributed by atoms with E-state index < -0.39 is 5.79 Å². The standard InChI is InChI=1S/C29H34ClFN2O2S/c1-28(26-9-8-22(30)17-32-26)34-25-7-3-2-6-24(25)27(35-28)21-10-14-33(15-11-21)18-23-5-4-16-36(23)20-29(19-31)12-13-29/h2-9,16-17,21,27,36H,10-15,18-20H2,1H3. The number of halogens is 2. The lowest BCUT2D eigenvalue weighted by molar-refractivity contribution is -0.244. The van der Waals surface area contributed by atoms with Crippen molar-refractivity contribution in [1.29, 1.82) is 0 Å². The van der Waals surface area contributed by atoms with E-state index in [4.69, 9.17) is 21.1 Å². The number of rotatable bonds is 7. The number of hydrogen-bond donors (Lipinski definition) is 1. The molecule has 4 heterocycles. The Labute approximate surface area is 220 Å². The number of likely N-dealkylation sites (tertiary alicyclic amines) is 1. The first-order valence-electron chi connectivity index (χ1n) is 13.0. The van der Waals surface area contributed by atoms with E-state index in [2.05, 4.69) is 39.6 Å². The van der Waals surface area contributed by atoms with Crippen molar-refractivity contribution < 1.29 is 13.9 Å². The lowest BCUT2D eigenvalue weighted by Gasteiger charge is -2.44. The SMILES string of the molecule is CC1(c2ccc(Cl)cn2)Oc2ccccc2C(C2CCN(CC3=CC=C[SH]3CC3(CF)CC3)CC2)O1. The van der Waals surface area contributed by atoms with Crippen LogP contribution in [0.2, 0.25) is 5.02 Å². The Morgan fingerprint density at radius 2 is 1.97 bits per heavy atom. The minimum atomic E-state index is -0.966. The summed E-state index contributed by atoms with van der Waals surface area (Å²) < 4.78 is 26.6. The van der Waals surface area contributed by atoms with Crippen molar-refractivity contribution in [3.63, 3.8) is 0 Å². The van der Waals surface area contributed by atoms with E-state index in [1.165, 1.54) is 4.91 Å². The zero-order valence-corrected chi connectivity index (χ0v) is 22.4. The zero-order chi connectivity index (χ0) is 24.8. The molecular formula is C29H34ClFN2O2S. The number of ether oxygens (including phenoxy) is 2. The van der Waals surface area contributed by atoms with E-state index >= 15 is 0 Å². The molecule has 0 bridgehead atoms. The van der Waals surface area contributed by atoms with Crippen molar-refractivity contribution in [2.75, 3.05) is 32.1 Å².